The average Bonchev–Trinajstić information content (AvgIpc) is 2.38. The SMILES string of the molecule is COc1cc(CN2CCNCC2)cc(Cl)c1C(C)C. The number of nitrogens with one attached hydrogen (secondary N) is 1. The molecule has 1 aliphatic heterocycles. The molecule has 0 radical (unpaired) electrons. The molecular formula is C15H23ClN2O. The maximum atomic E-state index is 6.42. The van der Waals surface area contributed by atoms with E-state index in [9.17, 15) is 0 Å². The van der Waals surface area contributed by atoms with Gasteiger partial charge in [0.25, 0.3) is 0 Å². The van der Waals surface area contributed by atoms with Crippen molar-refractivity contribution in [1.82, 2.24) is 10.2 Å². The van der Waals surface area contributed by atoms with Gasteiger partial charge in [0.05, 0.1) is 7.11 Å². The third kappa shape index (κ3) is 3.62. The fraction of sp³-hybridized carbons (Fsp3) is 0.600. The Balaban J connectivity index is 2.19. The maximum absolute atomic E-state index is 6.42. The predicted octanol–water partition coefficient (Wildman–Crippen LogP) is 2.88. The first-order valence-electron chi connectivity index (χ1n) is 6.91. The van der Waals surface area contributed by atoms with E-state index in [-0.39, 0.29) is 0 Å². The van der Waals surface area contributed by atoms with E-state index in [2.05, 4.69) is 36.2 Å². The number of hydrogen-bond donors (Lipinski definition) is 1. The highest BCUT2D eigenvalue weighted by molar-refractivity contribution is 6.31. The number of methoxy groups -OCH3 is 1. The molecule has 1 aliphatic rings. The third-order valence-corrected chi connectivity index (χ3v) is 3.88. The normalized spacial score (nSPS) is 16.9. The smallest absolute Gasteiger partial charge is 0.124 e. The van der Waals surface area contributed by atoms with Crippen LogP contribution in [0, 0.1) is 0 Å². The van der Waals surface area contributed by atoms with Crippen LogP contribution in [0.5, 0.6) is 5.75 Å². The Morgan fingerprint density at radius 3 is 2.58 bits per heavy atom. The first-order valence-corrected chi connectivity index (χ1v) is 7.29. The van der Waals surface area contributed by atoms with Crippen molar-refractivity contribution in [3.63, 3.8) is 0 Å². The quantitative estimate of drug-likeness (QED) is 0.919. The molecule has 4 heteroatoms. The standard InChI is InChI=1S/C15H23ClN2O/c1-11(2)15-13(16)8-12(9-14(15)19-3)10-18-6-4-17-5-7-18/h8-9,11,17H,4-7,10H2,1-3H3. The molecule has 1 aromatic carbocycles. The van der Waals surface area contributed by atoms with Gasteiger partial charge < -0.3 is 10.1 Å². The van der Waals surface area contributed by atoms with Crippen LogP contribution in [0.1, 0.15) is 30.9 Å². The van der Waals surface area contributed by atoms with Crippen LogP contribution in [-0.4, -0.2) is 38.2 Å². The molecule has 0 saturated carbocycles. The first kappa shape index (κ1) is 14.6. The number of benzene rings is 1. The van der Waals surface area contributed by atoms with Gasteiger partial charge in [-0.15, -0.1) is 0 Å². The molecule has 0 amide bonds. The van der Waals surface area contributed by atoms with Gasteiger partial charge in [-0.1, -0.05) is 25.4 Å². The zero-order valence-electron chi connectivity index (χ0n) is 12.0. The number of piperazine rings is 1. The minimum atomic E-state index is 0.371. The number of nitrogens with zero attached hydrogens (tertiary/aromatic N) is 1. The second-order valence-corrected chi connectivity index (χ2v) is 5.78. The van der Waals surface area contributed by atoms with Crippen molar-refractivity contribution in [2.45, 2.75) is 26.3 Å². The van der Waals surface area contributed by atoms with Gasteiger partial charge >= 0.3 is 0 Å². The summed E-state index contributed by atoms with van der Waals surface area (Å²) in [5.41, 5.74) is 2.33. The zero-order valence-corrected chi connectivity index (χ0v) is 12.8. The first-order chi connectivity index (χ1) is 9.11. The van der Waals surface area contributed by atoms with Crippen molar-refractivity contribution in [3.05, 3.63) is 28.3 Å². The lowest BCUT2D eigenvalue weighted by molar-refractivity contribution is 0.233. The monoisotopic (exact) mass is 282 g/mol. The van der Waals surface area contributed by atoms with E-state index >= 15 is 0 Å². The van der Waals surface area contributed by atoms with E-state index in [1.807, 2.05) is 0 Å². The molecule has 106 valence electrons. The van der Waals surface area contributed by atoms with Crippen LogP contribution in [0.25, 0.3) is 0 Å². The summed E-state index contributed by atoms with van der Waals surface area (Å²) < 4.78 is 5.50. The van der Waals surface area contributed by atoms with Crippen molar-refractivity contribution in [1.29, 1.82) is 0 Å². The lowest BCUT2D eigenvalue weighted by Gasteiger charge is -2.27. The topological polar surface area (TPSA) is 24.5 Å². The molecular weight excluding hydrogens is 260 g/mol. The van der Waals surface area contributed by atoms with E-state index in [1.165, 1.54) is 5.56 Å². The lowest BCUT2D eigenvalue weighted by Crippen LogP contribution is -2.42. The summed E-state index contributed by atoms with van der Waals surface area (Å²) in [7, 11) is 1.71. The molecule has 0 bridgehead atoms. The van der Waals surface area contributed by atoms with Gasteiger partial charge in [-0.3, -0.25) is 4.90 Å². The molecule has 0 atom stereocenters. The Kier molecular flexibility index (Phi) is 5.08. The van der Waals surface area contributed by atoms with Gasteiger partial charge in [-0.25, -0.2) is 0 Å². The molecule has 1 aromatic rings. The zero-order chi connectivity index (χ0) is 13.8. The van der Waals surface area contributed by atoms with Gasteiger partial charge in [-0.2, -0.15) is 0 Å². The maximum Gasteiger partial charge on any atom is 0.124 e. The number of ether oxygens (including phenoxy) is 1. The summed E-state index contributed by atoms with van der Waals surface area (Å²) in [6, 6.07) is 4.21. The Bertz CT molecular complexity index is 428. The van der Waals surface area contributed by atoms with Gasteiger partial charge in [0.1, 0.15) is 5.75 Å². The molecule has 1 N–H and O–H groups in total. The molecule has 0 aromatic heterocycles. The summed E-state index contributed by atoms with van der Waals surface area (Å²) in [4.78, 5) is 2.44. The van der Waals surface area contributed by atoms with Crippen LogP contribution in [0.2, 0.25) is 5.02 Å². The molecule has 1 saturated heterocycles. The predicted molar refractivity (Wildman–Crippen MR) is 80.2 cm³/mol. The van der Waals surface area contributed by atoms with Crippen molar-refractivity contribution < 1.29 is 4.74 Å². The molecule has 19 heavy (non-hydrogen) atoms. The summed E-state index contributed by atoms with van der Waals surface area (Å²) in [6.45, 7) is 9.52. The Hall–Kier alpha value is -0.770. The van der Waals surface area contributed by atoms with E-state index < -0.39 is 0 Å². The van der Waals surface area contributed by atoms with E-state index in [4.69, 9.17) is 16.3 Å². The van der Waals surface area contributed by atoms with E-state index in [0.717, 1.165) is 49.1 Å². The summed E-state index contributed by atoms with van der Waals surface area (Å²) in [5.74, 6) is 1.28. The van der Waals surface area contributed by atoms with Crippen LogP contribution < -0.4 is 10.1 Å². The van der Waals surface area contributed by atoms with Gasteiger partial charge in [0, 0.05) is 43.3 Å². The molecule has 0 aliphatic carbocycles. The molecule has 0 spiro atoms. The Morgan fingerprint density at radius 1 is 1.32 bits per heavy atom. The summed E-state index contributed by atoms with van der Waals surface area (Å²) >= 11 is 6.42. The average molecular weight is 283 g/mol. The van der Waals surface area contributed by atoms with Crippen LogP contribution in [0.15, 0.2) is 12.1 Å². The fourth-order valence-electron chi connectivity index (χ4n) is 2.59. The fourth-order valence-corrected chi connectivity index (χ4v) is 3.05. The molecule has 1 heterocycles. The van der Waals surface area contributed by atoms with Gasteiger partial charge in [0.15, 0.2) is 0 Å². The van der Waals surface area contributed by atoms with Crippen molar-refractivity contribution in [3.8, 4) is 5.75 Å². The molecule has 1 fully saturated rings. The van der Waals surface area contributed by atoms with Crippen LogP contribution in [0.3, 0.4) is 0 Å². The Morgan fingerprint density at radius 2 is 2.00 bits per heavy atom. The summed E-state index contributed by atoms with van der Waals surface area (Å²) in [5, 5.41) is 4.19. The molecule has 0 unspecified atom stereocenters. The number of halogens is 1. The highest BCUT2D eigenvalue weighted by Gasteiger charge is 2.16. The molecule has 3 nitrogen and oxygen atoms in total. The minimum absolute atomic E-state index is 0.371. The van der Waals surface area contributed by atoms with Crippen LogP contribution in [-0.2, 0) is 6.54 Å². The van der Waals surface area contributed by atoms with Crippen molar-refractivity contribution >= 4 is 11.6 Å². The second kappa shape index (κ2) is 6.60. The van der Waals surface area contributed by atoms with Gasteiger partial charge in [-0.05, 0) is 23.6 Å². The van der Waals surface area contributed by atoms with Crippen molar-refractivity contribution in [2.24, 2.45) is 0 Å². The molecule has 2 rings (SSSR count). The minimum Gasteiger partial charge on any atom is -0.496 e. The Labute approximate surface area is 120 Å². The summed E-state index contributed by atoms with van der Waals surface area (Å²) in [6.07, 6.45) is 0. The number of hydrogen-bond acceptors (Lipinski definition) is 3. The van der Waals surface area contributed by atoms with Crippen LogP contribution in [0.4, 0.5) is 0 Å². The largest absolute Gasteiger partial charge is 0.496 e. The van der Waals surface area contributed by atoms with Crippen molar-refractivity contribution in [2.75, 3.05) is 33.3 Å². The third-order valence-electron chi connectivity index (χ3n) is 3.56. The second-order valence-electron chi connectivity index (χ2n) is 5.37. The van der Waals surface area contributed by atoms with E-state index in [0.29, 0.717) is 5.92 Å². The highest BCUT2D eigenvalue weighted by atomic mass is 35.5. The van der Waals surface area contributed by atoms with Gasteiger partial charge in [0.2, 0.25) is 0 Å². The lowest BCUT2D eigenvalue weighted by atomic mass is 9.99. The van der Waals surface area contributed by atoms with E-state index in [1.54, 1.807) is 7.11 Å². The number of rotatable bonds is 4. The van der Waals surface area contributed by atoms with Crippen LogP contribution >= 0.6 is 11.6 Å². The highest BCUT2D eigenvalue weighted by Crippen LogP contribution is 2.34.